The highest BCUT2D eigenvalue weighted by molar-refractivity contribution is 6.65. The first-order valence-corrected chi connectivity index (χ1v) is 12.3. The Labute approximate surface area is 222 Å². The molecular weight excluding hydrogens is 476 g/mol. The van der Waals surface area contributed by atoms with E-state index in [1.807, 2.05) is 85.4 Å². The molecule has 0 unspecified atom stereocenters. The Morgan fingerprint density at radius 2 is 1.03 bits per heavy atom. The van der Waals surface area contributed by atoms with Crippen LogP contribution >= 0.6 is 0 Å². The highest BCUT2D eigenvalue weighted by Crippen LogP contribution is 2.36. The van der Waals surface area contributed by atoms with Crippen LogP contribution in [0.2, 0.25) is 0 Å². The number of carbonyl (C=O) groups excluding carboxylic acids is 2. The van der Waals surface area contributed by atoms with Crippen molar-refractivity contribution in [3.8, 4) is 0 Å². The molecule has 0 saturated carbocycles. The van der Waals surface area contributed by atoms with Gasteiger partial charge in [-0.25, -0.2) is 0 Å². The number of hydrogen-bond donors (Lipinski definition) is 2. The Bertz CT molecular complexity index is 1530. The van der Waals surface area contributed by atoms with Crippen molar-refractivity contribution in [1.29, 1.82) is 0 Å². The summed E-state index contributed by atoms with van der Waals surface area (Å²) in [6.45, 7) is 15.7. The van der Waals surface area contributed by atoms with Gasteiger partial charge >= 0.3 is 0 Å². The van der Waals surface area contributed by atoms with Gasteiger partial charge in [-0.05, 0) is 39.8 Å². The number of benzene rings is 2. The Kier molecular flexibility index (Phi) is 6.77. The van der Waals surface area contributed by atoms with E-state index < -0.39 is 22.6 Å². The molecule has 0 aliphatic rings. The van der Waals surface area contributed by atoms with E-state index in [1.54, 1.807) is 24.5 Å². The normalized spacial score (nSPS) is 13.2. The lowest BCUT2D eigenvalue weighted by Gasteiger charge is -2.23. The number of aliphatic hydroxyl groups excluding tert-OH is 2. The van der Waals surface area contributed by atoms with Gasteiger partial charge in [-0.15, -0.1) is 13.2 Å². The van der Waals surface area contributed by atoms with Crippen LogP contribution in [0, 0.1) is 0 Å². The molecule has 0 spiro atoms. The number of aromatic nitrogens is 2. The first-order valence-electron chi connectivity index (χ1n) is 12.3. The molecule has 0 atom stereocenters. The van der Waals surface area contributed by atoms with Crippen LogP contribution in [0.25, 0.3) is 33.0 Å². The quantitative estimate of drug-likeness (QED) is 0.110. The molecule has 4 aromatic rings. The SMILES string of the molecule is C=CC(C)(C)n1cc(/C(=C\O)C(=O)C(=O)/C(=C/O)c2cn(C(C)(C)C=C)c3ccccc23)c2ccccc21. The van der Waals surface area contributed by atoms with Crippen LogP contribution in [0.15, 0.2) is 98.8 Å². The molecule has 194 valence electrons. The summed E-state index contributed by atoms with van der Waals surface area (Å²) >= 11 is 0. The molecule has 6 heteroatoms. The number of aliphatic hydroxyl groups is 2. The number of allylic oxidation sites excluding steroid dienone is 4. The third-order valence-electron chi connectivity index (χ3n) is 7.20. The van der Waals surface area contributed by atoms with Crippen LogP contribution in [0.4, 0.5) is 0 Å². The number of fused-ring (bicyclic) bond motifs is 2. The summed E-state index contributed by atoms with van der Waals surface area (Å²) in [6.07, 6.45) is 8.36. The van der Waals surface area contributed by atoms with Crippen molar-refractivity contribution in [2.75, 3.05) is 0 Å². The van der Waals surface area contributed by atoms with Gasteiger partial charge in [-0.2, -0.15) is 0 Å². The van der Waals surface area contributed by atoms with Gasteiger partial charge in [0.1, 0.15) is 0 Å². The molecule has 0 aliphatic carbocycles. The maximum absolute atomic E-state index is 13.6. The van der Waals surface area contributed by atoms with Gasteiger partial charge in [0.15, 0.2) is 0 Å². The van der Waals surface area contributed by atoms with E-state index in [9.17, 15) is 19.8 Å². The van der Waals surface area contributed by atoms with Gasteiger partial charge in [0.05, 0.1) is 34.7 Å². The van der Waals surface area contributed by atoms with E-state index in [4.69, 9.17) is 0 Å². The van der Waals surface area contributed by atoms with E-state index in [1.165, 1.54) is 0 Å². The van der Waals surface area contributed by atoms with E-state index in [2.05, 4.69) is 13.2 Å². The fourth-order valence-corrected chi connectivity index (χ4v) is 4.68. The lowest BCUT2D eigenvalue weighted by atomic mass is 9.93. The minimum absolute atomic E-state index is 0.167. The van der Waals surface area contributed by atoms with Crippen molar-refractivity contribution in [1.82, 2.24) is 9.13 Å². The third-order valence-corrected chi connectivity index (χ3v) is 7.20. The van der Waals surface area contributed by atoms with Gasteiger partial charge in [0.2, 0.25) is 11.6 Å². The Balaban J connectivity index is 1.84. The lowest BCUT2D eigenvalue weighted by molar-refractivity contribution is -0.129. The van der Waals surface area contributed by atoms with Crippen LogP contribution in [0.3, 0.4) is 0 Å². The number of carbonyl (C=O) groups is 2. The molecule has 6 nitrogen and oxygen atoms in total. The minimum atomic E-state index is -0.938. The zero-order valence-corrected chi connectivity index (χ0v) is 22.1. The van der Waals surface area contributed by atoms with E-state index in [0.29, 0.717) is 34.4 Å². The molecule has 2 aromatic heterocycles. The predicted octanol–water partition coefficient (Wildman–Crippen LogP) is 7.07. The van der Waals surface area contributed by atoms with Crippen molar-refractivity contribution in [3.05, 3.63) is 110 Å². The van der Waals surface area contributed by atoms with Crippen LogP contribution in [-0.4, -0.2) is 30.9 Å². The van der Waals surface area contributed by atoms with Crippen LogP contribution in [-0.2, 0) is 20.7 Å². The van der Waals surface area contributed by atoms with Crippen LogP contribution in [0.1, 0.15) is 38.8 Å². The maximum Gasteiger partial charge on any atom is 0.237 e. The van der Waals surface area contributed by atoms with Crippen molar-refractivity contribution in [2.24, 2.45) is 0 Å². The second-order valence-electron chi connectivity index (χ2n) is 10.3. The Morgan fingerprint density at radius 1 is 0.684 bits per heavy atom. The standard InChI is InChI=1S/C32H32N2O4/c1-7-31(3,4)33-17-23(21-13-9-11-15-27(21)33)25(19-35)29(37)30(38)26(20-36)24-18-34(32(5,6)8-2)28-16-12-10-14-22(24)28/h7-20,35-36H,1-2H2,3-6H3/b25-19+,26-20+. The smallest absolute Gasteiger partial charge is 0.237 e. The predicted molar refractivity (Wildman–Crippen MR) is 154 cm³/mol. The minimum Gasteiger partial charge on any atom is -0.515 e. The number of nitrogens with zero attached hydrogens (tertiary/aromatic N) is 2. The van der Waals surface area contributed by atoms with Crippen molar-refractivity contribution >= 4 is 44.5 Å². The van der Waals surface area contributed by atoms with Crippen molar-refractivity contribution in [2.45, 2.75) is 38.8 Å². The summed E-state index contributed by atoms with van der Waals surface area (Å²) in [5, 5.41) is 21.8. The third kappa shape index (κ3) is 4.18. The van der Waals surface area contributed by atoms with Gasteiger partial charge in [-0.3, -0.25) is 9.59 Å². The van der Waals surface area contributed by atoms with E-state index >= 15 is 0 Å². The number of para-hydroxylation sites is 2. The van der Waals surface area contributed by atoms with Crippen molar-refractivity contribution in [3.63, 3.8) is 0 Å². The molecular formula is C32H32N2O4. The summed E-state index contributed by atoms with van der Waals surface area (Å²) in [5.74, 6) is -1.88. The molecule has 38 heavy (non-hydrogen) atoms. The fourth-order valence-electron chi connectivity index (χ4n) is 4.68. The zero-order chi connectivity index (χ0) is 27.8. The summed E-state index contributed by atoms with van der Waals surface area (Å²) in [4.78, 5) is 27.3. The number of ketones is 2. The molecule has 0 radical (unpaired) electrons. The monoisotopic (exact) mass is 508 g/mol. The molecule has 0 fully saturated rings. The summed E-state index contributed by atoms with van der Waals surface area (Å²) in [7, 11) is 0. The van der Waals surface area contributed by atoms with E-state index in [-0.39, 0.29) is 11.1 Å². The summed E-state index contributed by atoms with van der Waals surface area (Å²) < 4.78 is 3.89. The van der Waals surface area contributed by atoms with Crippen molar-refractivity contribution < 1.29 is 19.8 Å². The Morgan fingerprint density at radius 3 is 1.34 bits per heavy atom. The molecule has 0 saturated heterocycles. The molecule has 2 N–H and O–H groups in total. The van der Waals surface area contributed by atoms with Crippen LogP contribution in [0.5, 0.6) is 0 Å². The largest absolute Gasteiger partial charge is 0.515 e. The molecule has 0 amide bonds. The molecule has 0 aliphatic heterocycles. The lowest BCUT2D eigenvalue weighted by Crippen LogP contribution is -2.22. The van der Waals surface area contributed by atoms with Gasteiger partial charge in [0, 0.05) is 45.3 Å². The first kappa shape index (κ1) is 26.5. The second kappa shape index (κ2) is 9.71. The summed E-state index contributed by atoms with van der Waals surface area (Å²) in [6, 6.07) is 14.9. The average molecular weight is 509 g/mol. The van der Waals surface area contributed by atoms with Gasteiger partial charge in [0.25, 0.3) is 0 Å². The second-order valence-corrected chi connectivity index (χ2v) is 10.3. The first-order chi connectivity index (χ1) is 18.0. The number of hydrogen-bond acceptors (Lipinski definition) is 4. The van der Waals surface area contributed by atoms with Crippen LogP contribution < -0.4 is 0 Å². The highest BCUT2D eigenvalue weighted by atomic mass is 16.2. The fraction of sp³-hybridized carbons (Fsp3) is 0.188. The molecule has 2 heterocycles. The Hall–Kier alpha value is -4.58. The van der Waals surface area contributed by atoms with Gasteiger partial charge < -0.3 is 19.3 Å². The zero-order valence-electron chi connectivity index (χ0n) is 22.1. The highest BCUT2D eigenvalue weighted by Gasteiger charge is 2.31. The average Bonchev–Trinajstić information content (AvgIpc) is 3.50. The molecule has 4 rings (SSSR count). The number of Topliss-reactive ketones (excluding diaryl/α,β-unsaturated/α-hetero) is 2. The molecule has 2 aromatic carbocycles. The topological polar surface area (TPSA) is 84.5 Å². The maximum atomic E-state index is 13.6. The summed E-state index contributed by atoms with van der Waals surface area (Å²) in [5.41, 5.74) is 1.12. The van der Waals surface area contributed by atoms with Gasteiger partial charge in [-0.1, -0.05) is 48.6 Å². The number of rotatable bonds is 9. The van der Waals surface area contributed by atoms with E-state index in [0.717, 1.165) is 11.0 Å². The molecule has 0 bridgehead atoms.